The smallest absolute Gasteiger partial charge is 0.271 e. The lowest BCUT2D eigenvalue weighted by Crippen LogP contribution is -2.32. The second-order valence-electron chi connectivity index (χ2n) is 7.07. The van der Waals surface area contributed by atoms with E-state index in [1.165, 1.54) is 0 Å². The van der Waals surface area contributed by atoms with Crippen LogP contribution in [0.3, 0.4) is 0 Å². The number of aryl methyl sites for hydroxylation is 2. The lowest BCUT2D eigenvalue weighted by molar-refractivity contribution is 0.0916. The molecule has 2 aromatic rings. The molecule has 0 bridgehead atoms. The average molecular weight is 378 g/mol. The van der Waals surface area contributed by atoms with E-state index >= 15 is 0 Å². The summed E-state index contributed by atoms with van der Waals surface area (Å²) in [6, 6.07) is 10.1. The number of amides is 1. The van der Waals surface area contributed by atoms with Crippen molar-refractivity contribution in [2.24, 2.45) is 12.5 Å². The van der Waals surface area contributed by atoms with Crippen molar-refractivity contribution in [3.8, 4) is 0 Å². The minimum Gasteiger partial charge on any atom is -0.344 e. The van der Waals surface area contributed by atoms with Crippen LogP contribution >= 0.6 is 15.9 Å². The van der Waals surface area contributed by atoms with Gasteiger partial charge in [0.25, 0.3) is 5.91 Å². The first-order valence-corrected chi connectivity index (χ1v) is 8.53. The number of aromatic nitrogens is 2. The molecule has 0 saturated carbocycles. The van der Waals surface area contributed by atoms with E-state index in [-0.39, 0.29) is 17.4 Å². The Labute approximate surface area is 146 Å². The quantitative estimate of drug-likeness (QED) is 0.857. The monoisotopic (exact) mass is 377 g/mol. The molecule has 0 saturated heterocycles. The summed E-state index contributed by atoms with van der Waals surface area (Å²) in [6.45, 7) is 8.42. The number of nitrogens with one attached hydrogen (secondary N) is 1. The number of carbonyl (C=O) groups excluding carboxylic acids is 1. The maximum Gasteiger partial charge on any atom is 0.271 e. The first-order chi connectivity index (χ1) is 10.7. The van der Waals surface area contributed by atoms with Gasteiger partial charge in [-0.25, -0.2) is 0 Å². The Balaban J connectivity index is 2.29. The fourth-order valence-corrected chi connectivity index (χ4v) is 3.17. The Morgan fingerprint density at radius 1 is 1.30 bits per heavy atom. The molecule has 0 aliphatic heterocycles. The van der Waals surface area contributed by atoms with Crippen LogP contribution in [0.15, 0.2) is 34.8 Å². The summed E-state index contributed by atoms with van der Waals surface area (Å²) >= 11 is 3.47. The molecule has 2 rings (SSSR count). The Morgan fingerprint density at radius 3 is 2.39 bits per heavy atom. The van der Waals surface area contributed by atoms with Crippen LogP contribution in [-0.2, 0) is 7.05 Å². The van der Waals surface area contributed by atoms with E-state index in [1.807, 2.05) is 25.1 Å². The van der Waals surface area contributed by atoms with Gasteiger partial charge >= 0.3 is 0 Å². The molecule has 124 valence electrons. The van der Waals surface area contributed by atoms with Gasteiger partial charge in [-0.1, -0.05) is 51.1 Å². The third-order valence-corrected chi connectivity index (χ3v) is 4.64. The molecule has 0 aliphatic rings. The molecular formula is C18H24BrN3O. The topological polar surface area (TPSA) is 46.9 Å². The van der Waals surface area contributed by atoms with Crippen LogP contribution in [0.5, 0.6) is 0 Å². The van der Waals surface area contributed by atoms with Gasteiger partial charge < -0.3 is 5.32 Å². The minimum absolute atomic E-state index is 0.0363. The Kier molecular flexibility index (Phi) is 5.30. The highest BCUT2D eigenvalue weighted by Crippen LogP contribution is 2.30. The van der Waals surface area contributed by atoms with Crippen molar-refractivity contribution in [1.29, 1.82) is 0 Å². The molecule has 0 aliphatic carbocycles. The number of rotatable bonds is 4. The van der Waals surface area contributed by atoms with Gasteiger partial charge in [0.05, 0.1) is 16.2 Å². The highest BCUT2D eigenvalue weighted by Gasteiger charge is 2.25. The third kappa shape index (κ3) is 4.44. The molecule has 1 aromatic heterocycles. The number of hydrogen-bond acceptors (Lipinski definition) is 2. The van der Waals surface area contributed by atoms with Crippen molar-refractivity contribution in [2.75, 3.05) is 0 Å². The molecule has 1 N–H and O–H groups in total. The summed E-state index contributed by atoms with van der Waals surface area (Å²) in [5, 5.41) is 7.47. The largest absolute Gasteiger partial charge is 0.344 e. The summed E-state index contributed by atoms with van der Waals surface area (Å²) in [5.41, 5.74) is 2.58. The first-order valence-electron chi connectivity index (χ1n) is 7.74. The predicted molar refractivity (Wildman–Crippen MR) is 96.4 cm³/mol. The molecule has 5 heteroatoms. The Hall–Kier alpha value is -1.62. The summed E-state index contributed by atoms with van der Waals surface area (Å²) < 4.78 is 2.37. The van der Waals surface area contributed by atoms with E-state index in [1.54, 1.807) is 11.7 Å². The second-order valence-corrected chi connectivity index (χ2v) is 7.87. The molecule has 1 heterocycles. The summed E-state index contributed by atoms with van der Waals surface area (Å²) in [6.07, 6.45) is 0.858. The lowest BCUT2D eigenvalue weighted by atomic mass is 9.85. The molecule has 1 amide bonds. The Morgan fingerprint density at radius 2 is 1.91 bits per heavy atom. The predicted octanol–water partition coefficient (Wildman–Crippen LogP) is 4.40. The van der Waals surface area contributed by atoms with Gasteiger partial charge in [0.1, 0.15) is 5.69 Å². The van der Waals surface area contributed by atoms with Gasteiger partial charge in [0.15, 0.2) is 0 Å². The maximum atomic E-state index is 12.8. The highest BCUT2D eigenvalue weighted by atomic mass is 79.9. The van der Waals surface area contributed by atoms with Crippen molar-refractivity contribution in [2.45, 2.75) is 40.2 Å². The van der Waals surface area contributed by atoms with E-state index in [9.17, 15) is 4.79 Å². The zero-order valence-electron chi connectivity index (χ0n) is 14.4. The van der Waals surface area contributed by atoms with Crippen LogP contribution in [0.4, 0.5) is 0 Å². The molecule has 23 heavy (non-hydrogen) atoms. The van der Waals surface area contributed by atoms with Gasteiger partial charge in [-0.15, -0.1) is 0 Å². The van der Waals surface area contributed by atoms with Gasteiger partial charge in [-0.2, -0.15) is 5.10 Å². The minimum atomic E-state index is -0.113. The molecule has 4 nitrogen and oxygen atoms in total. The number of nitrogens with zero attached hydrogens (tertiary/aromatic N) is 2. The van der Waals surface area contributed by atoms with Gasteiger partial charge in [-0.05, 0) is 40.3 Å². The zero-order chi connectivity index (χ0) is 17.2. The van der Waals surface area contributed by atoms with Crippen LogP contribution in [0.25, 0.3) is 0 Å². The van der Waals surface area contributed by atoms with Crippen LogP contribution in [0, 0.1) is 12.3 Å². The van der Waals surface area contributed by atoms with Crippen LogP contribution < -0.4 is 5.32 Å². The standard InChI is InChI=1S/C18H24BrN3O/c1-12-15(19)16(22(5)21-12)17(23)20-14(11-18(2,3)4)13-9-7-6-8-10-13/h6-10,14H,11H2,1-5H3,(H,20,23). The fraction of sp³-hybridized carbons (Fsp3) is 0.444. The van der Waals surface area contributed by atoms with Crippen molar-refractivity contribution < 1.29 is 4.79 Å². The zero-order valence-corrected chi connectivity index (χ0v) is 15.9. The first kappa shape index (κ1) is 17.7. The molecule has 1 unspecified atom stereocenters. The maximum absolute atomic E-state index is 12.8. The molecule has 0 spiro atoms. The van der Waals surface area contributed by atoms with E-state index < -0.39 is 0 Å². The summed E-state index contributed by atoms with van der Waals surface area (Å²) in [5.74, 6) is -0.113. The van der Waals surface area contributed by atoms with Crippen LogP contribution in [-0.4, -0.2) is 15.7 Å². The third-order valence-electron chi connectivity index (χ3n) is 3.69. The summed E-state index contributed by atoms with van der Waals surface area (Å²) in [7, 11) is 1.79. The number of benzene rings is 1. The molecule has 0 fully saturated rings. The van der Waals surface area contributed by atoms with Crippen molar-refractivity contribution in [1.82, 2.24) is 15.1 Å². The van der Waals surface area contributed by atoms with Gasteiger partial charge in [0, 0.05) is 7.05 Å². The van der Waals surface area contributed by atoms with E-state index in [0.717, 1.165) is 22.2 Å². The van der Waals surface area contributed by atoms with Gasteiger partial charge in [-0.3, -0.25) is 9.48 Å². The normalized spacial score (nSPS) is 13.0. The van der Waals surface area contributed by atoms with Crippen LogP contribution in [0.1, 0.15) is 55.0 Å². The number of carbonyl (C=O) groups is 1. The second kappa shape index (κ2) is 6.87. The molecular weight excluding hydrogens is 354 g/mol. The fourth-order valence-electron chi connectivity index (χ4n) is 2.66. The van der Waals surface area contributed by atoms with E-state index in [2.05, 4.69) is 59.2 Å². The lowest BCUT2D eigenvalue weighted by Gasteiger charge is -2.27. The Bertz CT molecular complexity index is 686. The number of hydrogen-bond donors (Lipinski definition) is 1. The van der Waals surface area contributed by atoms with E-state index in [4.69, 9.17) is 0 Å². The van der Waals surface area contributed by atoms with Crippen molar-refractivity contribution >= 4 is 21.8 Å². The molecule has 0 radical (unpaired) electrons. The SMILES string of the molecule is Cc1nn(C)c(C(=O)NC(CC(C)(C)C)c2ccccc2)c1Br. The highest BCUT2D eigenvalue weighted by molar-refractivity contribution is 9.10. The van der Waals surface area contributed by atoms with Gasteiger partial charge in [0.2, 0.25) is 0 Å². The molecule has 1 atom stereocenters. The summed E-state index contributed by atoms with van der Waals surface area (Å²) in [4.78, 5) is 12.8. The van der Waals surface area contributed by atoms with Crippen molar-refractivity contribution in [3.63, 3.8) is 0 Å². The molecule has 1 aromatic carbocycles. The van der Waals surface area contributed by atoms with Crippen molar-refractivity contribution in [3.05, 3.63) is 51.8 Å². The van der Waals surface area contributed by atoms with E-state index in [0.29, 0.717) is 5.69 Å². The average Bonchev–Trinajstić information content (AvgIpc) is 2.71. The van der Waals surface area contributed by atoms with Crippen LogP contribution in [0.2, 0.25) is 0 Å². The number of halogens is 1.